The van der Waals surface area contributed by atoms with Crippen molar-refractivity contribution in [1.82, 2.24) is 10.2 Å². The number of carboxylic acids is 2. The van der Waals surface area contributed by atoms with E-state index in [0.29, 0.717) is 25.2 Å². The van der Waals surface area contributed by atoms with Crippen molar-refractivity contribution in [3.8, 4) is 0 Å². The van der Waals surface area contributed by atoms with Crippen LogP contribution in [-0.2, 0) is 20.9 Å². The molecule has 2 aliphatic rings. The third kappa shape index (κ3) is 8.50. The van der Waals surface area contributed by atoms with Gasteiger partial charge in [-0.3, -0.25) is 4.79 Å². The largest absolute Gasteiger partial charge is 0.473 e. The molecule has 31 heavy (non-hydrogen) atoms. The van der Waals surface area contributed by atoms with Crippen LogP contribution >= 0.6 is 11.6 Å². The zero-order chi connectivity index (χ0) is 22.6. The van der Waals surface area contributed by atoms with Crippen molar-refractivity contribution in [2.24, 2.45) is 0 Å². The minimum atomic E-state index is -1.82. The Kier molecular flexibility index (Phi) is 10.8. The lowest BCUT2D eigenvalue weighted by Crippen LogP contribution is -2.51. The Morgan fingerprint density at radius 2 is 1.35 bits per heavy atom. The second-order valence-corrected chi connectivity index (χ2v) is 8.60. The van der Waals surface area contributed by atoms with Gasteiger partial charge in [-0.1, -0.05) is 68.3 Å². The maximum atomic E-state index is 13.0. The molecule has 8 heteroatoms. The lowest BCUT2D eigenvalue weighted by Gasteiger charge is -2.42. The number of benzene rings is 1. The van der Waals surface area contributed by atoms with Crippen molar-refractivity contribution < 1.29 is 24.6 Å². The Labute approximate surface area is 188 Å². The van der Waals surface area contributed by atoms with E-state index in [1.807, 2.05) is 24.3 Å². The van der Waals surface area contributed by atoms with Crippen molar-refractivity contribution in [3.63, 3.8) is 0 Å². The summed E-state index contributed by atoms with van der Waals surface area (Å²) in [5.41, 5.74) is 1.05. The van der Waals surface area contributed by atoms with E-state index in [1.54, 1.807) is 0 Å². The molecule has 3 rings (SSSR count). The fourth-order valence-corrected chi connectivity index (χ4v) is 4.66. The molecule has 0 bridgehead atoms. The smallest absolute Gasteiger partial charge is 0.414 e. The first-order valence-corrected chi connectivity index (χ1v) is 11.5. The number of carboxylic acid groups (broad SMARTS) is 2. The topological polar surface area (TPSA) is 107 Å². The van der Waals surface area contributed by atoms with Crippen LogP contribution in [0.4, 0.5) is 0 Å². The molecular weight excluding hydrogens is 420 g/mol. The van der Waals surface area contributed by atoms with E-state index < -0.39 is 11.9 Å². The van der Waals surface area contributed by atoms with Gasteiger partial charge < -0.3 is 20.4 Å². The van der Waals surface area contributed by atoms with E-state index in [9.17, 15) is 4.79 Å². The molecule has 0 heterocycles. The second-order valence-electron chi connectivity index (χ2n) is 8.19. The van der Waals surface area contributed by atoms with Crippen LogP contribution < -0.4 is 5.32 Å². The van der Waals surface area contributed by atoms with Gasteiger partial charge in [0.2, 0.25) is 5.91 Å². The van der Waals surface area contributed by atoms with Gasteiger partial charge in [0.15, 0.2) is 0 Å². The third-order valence-corrected chi connectivity index (χ3v) is 6.33. The zero-order valence-corrected chi connectivity index (χ0v) is 18.6. The van der Waals surface area contributed by atoms with E-state index in [1.165, 1.54) is 64.2 Å². The lowest BCUT2D eigenvalue weighted by atomic mass is 9.88. The maximum absolute atomic E-state index is 13.0. The average molecular weight is 453 g/mol. The Morgan fingerprint density at radius 3 is 1.81 bits per heavy atom. The van der Waals surface area contributed by atoms with Gasteiger partial charge in [-0.2, -0.15) is 0 Å². The Bertz CT molecular complexity index is 700. The van der Waals surface area contributed by atoms with Gasteiger partial charge in [0.1, 0.15) is 0 Å². The first-order valence-electron chi connectivity index (χ1n) is 11.1. The van der Waals surface area contributed by atoms with Crippen LogP contribution in [0.15, 0.2) is 24.3 Å². The molecule has 2 aliphatic carbocycles. The van der Waals surface area contributed by atoms with Crippen LogP contribution in [-0.4, -0.2) is 51.6 Å². The van der Waals surface area contributed by atoms with Gasteiger partial charge in [-0.15, -0.1) is 0 Å². The number of hydrogen-bond donors (Lipinski definition) is 3. The van der Waals surface area contributed by atoms with Gasteiger partial charge >= 0.3 is 11.9 Å². The number of aliphatic carboxylic acids is 2. The third-order valence-electron chi connectivity index (χ3n) is 5.96. The summed E-state index contributed by atoms with van der Waals surface area (Å²) in [5, 5.41) is 18.9. The summed E-state index contributed by atoms with van der Waals surface area (Å²) in [6.07, 6.45) is 12.5. The number of amides is 1. The van der Waals surface area contributed by atoms with Crippen molar-refractivity contribution in [2.75, 3.05) is 6.54 Å². The number of carbonyl (C=O) groups excluding carboxylic acids is 1. The fraction of sp³-hybridized carbons (Fsp3) is 0.609. The number of hydrogen-bond acceptors (Lipinski definition) is 4. The molecule has 0 aliphatic heterocycles. The summed E-state index contributed by atoms with van der Waals surface area (Å²) in [6, 6.07) is 8.76. The van der Waals surface area contributed by atoms with Crippen molar-refractivity contribution in [1.29, 1.82) is 0 Å². The fourth-order valence-electron chi connectivity index (χ4n) is 4.46. The molecule has 0 unspecified atom stereocenters. The first-order chi connectivity index (χ1) is 14.9. The van der Waals surface area contributed by atoms with Crippen molar-refractivity contribution >= 4 is 29.4 Å². The van der Waals surface area contributed by atoms with Crippen LogP contribution in [0.25, 0.3) is 0 Å². The molecule has 0 aromatic heterocycles. The molecule has 3 N–H and O–H groups in total. The lowest BCUT2D eigenvalue weighted by molar-refractivity contribution is -0.159. The van der Waals surface area contributed by atoms with E-state index in [4.69, 9.17) is 31.4 Å². The van der Waals surface area contributed by atoms with Crippen LogP contribution in [0.2, 0.25) is 5.02 Å². The highest BCUT2D eigenvalue weighted by Crippen LogP contribution is 2.30. The van der Waals surface area contributed by atoms with Crippen molar-refractivity contribution in [3.05, 3.63) is 34.9 Å². The molecular formula is C23H33ClN2O5. The van der Waals surface area contributed by atoms with Gasteiger partial charge in [0, 0.05) is 23.7 Å². The summed E-state index contributed by atoms with van der Waals surface area (Å²) in [6.45, 7) is 1.06. The van der Waals surface area contributed by atoms with E-state index in [-0.39, 0.29) is 5.91 Å². The SMILES string of the molecule is O=C(CNCc1ccccc1Cl)N(C1CCCCC1)C1CCCCC1.O=C(O)C(=O)O. The normalized spacial score (nSPS) is 17.3. The van der Waals surface area contributed by atoms with Crippen molar-refractivity contribution in [2.45, 2.75) is 82.8 Å². The molecule has 1 aromatic rings. The Balaban J connectivity index is 0.000000501. The van der Waals surface area contributed by atoms with Crippen LogP contribution in [0.3, 0.4) is 0 Å². The summed E-state index contributed by atoms with van der Waals surface area (Å²) >= 11 is 6.21. The van der Waals surface area contributed by atoms with Gasteiger partial charge in [0.05, 0.1) is 6.54 Å². The summed E-state index contributed by atoms with van der Waals surface area (Å²) in [5.74, 6) is -3.36. The predicted molar refractivity (Wildman–Crippen MR) is 119 cm³/mol. The van der Waals surface area contributed by atoms with Crippen LogP contribution in [0.5, 0.6) is 0 Å². The standard InChI is InChI=1S/C21H31ClN2O.C2H2O4/c22-20-14-8-7-9-17(20)15-23-16-21(25)24(18-10-3-1-4-11-18)19-12-5-2-6-13-19;3-1(4)2(5)6/h7-9,14,18-19,23H,1-6,10-13,15-16H2;(H,3,4)(H,5,6). The predicted octanol–water partition coefficient (Wildman–Crippen LogP) is 4.08. The number of halogens is 1. The molecule has 0 spiro atoms. The Morgan fingerprint density at radius 1 is 0.871 bits per heavy atom. The maximum Gasteiger partial charge on any atom is 0.414 e. The number of carbonyl (C=O) groups is 3. The molecule has 7 nitrogen and oxygen atoms in total. The highest BCUT2D eigenvalue weighted by molar-refractivity contribution is 6.31. The van der Waals surface area contributed by atoms with E-state index >= 15 is 0 Å². The van der Waals surface area contributed by atoms with E-state index in [0.717, 1.165) is 10.6 Å². The molecule has 0 atom stereocenters. The summed E-state index contributed by atoms with van der Waals surface area (Å²) in [7, 11) is 0. The van der Waals surface area contributed by atoms with Gasteiger partial charge in [0.25, 0.3) is 0 Å². The Hall–Kier alpha value is -2.12. The highest BCUT2D eigenvalue weighted by atomic mass is 35.5. The molecule has 2 saturated carbocycles. The quantitative estimate of drug-likeness (QED) is 0.561. The average Bonchev–Trinajstić information content (AvgIpc) is 2.77. The minimum absolute atomic E-state index is 0.283. The number of rotatable bonds is 6. The highest BCUT2D eigenvalue weighted by Gasteiger charge is 2.31. The second kappa shape index (κ2) is 13.3. The van der Waals surface area contributed by atoms with Gasteiger partial charge in [-0.25, -0.2) is 9.59 Å². The summed E-state index contributed by atoms with van der Waals surface area (Å²) in [4.78, 5) is 33.5. The minimum Gasteiger partial charge on any atom is -0.473 e. The molecule has 0 radical (unpaired) electrons. The number of nitrogens with zero attached hydrogens (tertiary/aromatic N) is 1. The molecule has 0 saturated heterocycles. The summed E-state index contributed by atoms with van der Waals surface area (Å²) < 4.78 is 0. The van der Waals surface area contributed by atoms with E-state index in [2.05, 4.69) is 10.2 Å². The van der Waals surface area contributed by atoms with Crippen LogP contribution in [0.1, 0.15) is 69.8 Å². The molecule has 172 valence electrons. The first kappa shape index (κ1) is 25.1. The number of nitrogens with one attached hydrogen (secondary N) is 1. The molecule has 1 aromatic carbocycles. The zero-order valence-electron chi connectivity index (χ0n) is 17.9. The van der Waals surface area contributed by atoms with Gasteiger partial charge in [-0.05, 0) is 37.3 Å². The van der Waals surface area contributed by atoms with Crippen LogP contribution in [0, 0.1) is 0 Å². The molecule has 2 fully saturated rings. The molecule has 1 amide bonds. The monoisotopic (exact) mass is 452 g/mol.